The Morgan fingerprint density at radius 2 is 1.82 bits per heavy atom. The number of carbonyl (C=O) groups is 1. The Hall–Kier alpha value is -0.760. The topological polar surface area (TPSA) is 17.1 Å². The first-order valence-corrected chi connectivity index (χ1v) is 7.41. The monoisotopic (exact) mass is 248 g/mol. The number of thioether (sulfide) groups is 1. The van der Waals surface area contributed by atoms with Gasteiger partial charge in [0.1, 0.15) is 0 Å². The SMILES string of the molecule is CC(C(=O)SC1CCCCC1)c1ccccc1. The van der Waals surface area contributed by atoms with Crippen molar-refractivity contribution in [1.29, 1.82) is 0 Å². The number of rotatable bonds is 3. The molecule has 0 spiro atoms. The molecule has 0 amide bonds. The first-order chi connectivity index (χ1) is 8.27. The summed E-state index contributed by atoms with van der Waals surface area (Å²) in [4.78, 5) is 12.2. The van der Waals surface area contributed by atoms with Crippen molar-refractivity contribution < 1.29 is 4.79 Å². The molecule has 0 aliphatic heterocycles. The van der Waals surface area contributed by atoms with E-state index in [-0.39, 0.29) is 5.92 Å². The van der Waals surface area contributed by atoms with Gasteiger partial charge in [-0.05, 0) is 18.4 Å². The van der Waals surface area contributed by atoms with Crippen LogP contribution >= 0.6 is 11.8 Å². The van der Waals surface area contributed by atoms with Crippen LogP contribution in [0.15, 0.2) is 30.3 Å². The zero-order valence-corrected chi connectivity index (χ0v) is 11.2. The van der Waals surface area contributed by atoms with Crippen LogP contribution in [0.2, 0.25) is 0 Å². The summed E-state index contributed by atoms with van der Waals surface area (Å²) in [5.41, 5.74) is 1.14. The zero-order chi connectivity index (χ0) is 12.1. The van der Waals surface area contributed by atoms with Gasteiger partial charge in [0.2, 0.25) is 0 Å². The zero-order valence-electron chi connectivity index (χ0n) is 10.4. The third kappa shape index (κ3) is 3.60. The average molecular weight is 248 g/mol. The lowest BCUT2D eigenvalue weighted by atomic mass is 10.0. The Morgan fingerprint density at radius 3 is 2.47 bits per heavy atom. The van der Waals surface area contributed by atoms with E-state index in [0.717, 1.165) is 5.56 Å². The highest BCUT2D eigenvalue weighted by atomic mass is 32.2. The van der Waals surface area contributed by atoms with E-state index >= 15 is 0 Å². The molecule has 1 aromatic rings. The fraction of sp³-hybridized carbons (Fsp3) is 0.533. The number of carbonyl (C=O) groups excluding carboxylic acids is 1. The smallest absolute Gasteiger partial charge is 0.196 e. The molecular weight excluding hydrogens is 228 g/mol. The van der Waals surface area contributed by atoms with E-state index in [4.69, 9.17) is 0 Å². The van der Waals surface area contributed by atoms with Crippen LogP contribution in [0.1, 0.15) is 50.5 Å². The molecule has 1 aromatic carbocycles. The van der Waals surface area contributed by atoms with Gasteiger partial charge in [0.15, 0.2) is 5.12 Å². The van der Waals surface area contributed by atoms with E-state index in [1.165, 1.54) is 32.1 Å². The van der Waals surface area contributed by atoms with E-state index in [1.54, 1.807) is 11.8 Å². The van der Waals surface area contributed by atoms with Gasteiger partial charge >= 0.3 is 0 Å². The minimum absolute atomic E-state index is 0.0307. The normalized spacial score (nSPS) is 18.9. The molecule has 0 N–H and O–H groups in total. The highest BCUT2D eigenvalue weighted by Gasteiger charge is 2.22. The van der Waals surface area contributed by atoms with Crippen molar-refractivity contribution in [3.05, 3.63) is 35.9 Å². The van der Waals surface area contributed by atoms with Gasteiger partial charge in [-0.3, -0.25) is 4.79 Å². The van der Waals surface area contributed by atoms with Crippen molar-refractivity contribution in [3.63, 3.8) is 0 Å². The highest BCUT2D eigenvalue weighted by Crippen LogP contribution is 2.32. The standard InChI is InChI=1S/C15H20OS/c1-12(13-8-4-2-5-9-13)15(16)17-14-10-6-3-7-11-14/h2,4-5,8-9,12,14H,3,6-7,10-11H2,1H3. The molecule has 0 bridgehead atoms. The van der Waals surface area contributed by atoms with Crippen molar-refractivity contribution in [1.82, 2.24) is 0 Å². The predicted octanol–water partition coefficient (Wildman–Crippen LogP) is 4.38. The molecular formula is C15H20OS. The quantitative estimate of drug-likeness (QED) is 0.789. The maximum Gasteiger partial charge on any atom is 0.196 e. The van der Waals surface area contributed by atoms with Gasteiger partial charge in [0.25, 0.3) is 0 Å². The third-order valence-corrected chi connectivity index (χ3v) is 4.88. The number of hydrogen-bond acceptors (Lipinski definition) is 2. The first kappa shape index (κ1) is 12.7. The van der Waals surface area contributed by atoms with E-state index in [0.29, 0.717) is 10.4 Å². The van der Waals surface area contributed by atoms with Gasteiger partial charge in [0.05, 0.1) is 5.92 Å². The lowest BCUT2D eigenvalue weighted by molar-refractivity contribution is -0.112. The molecule has 2 heteroatoms. The highest BCUT2D eigenvalue weighted by molar-refractivity contribution is 8.14. The van der Waals surface area contributed by atoms with Crippen LogP contribution in [0.25, 0.3) is 0 Å². The molecule has 0 heterocycles. The van der Waals surface area contributed by atoms with Crippen LogP contribution in [0.4, 0.5) is 0 Å². The van der Waals surface area contributed by atoms with Crippen LogP contribution < -0.4 is 0 Å². The van der Waals surface area contributed by atoms with Crippen LogP contribution in [0, 0.1) is 0 Å². The minimum Gasteiger partial charge on any atom is -0.287 e. The first-order valence-electron chi connectivity index (χ1n) is 6.53. The molecule has 1 atom stereocenters. The van der Waals surface area contributed by atoms with Crippen molar-refractivity contribution in [2.45, 2.75) is 50.2 Å². The van der Waals surface area contributed by atoms with Gasteiger partial charge in [-0.1, -0.05) is 68.3 Å². The molecule has 1 aliphatic rings. The predicted molar refractivity (Wildman–Crippen MR) is 74.3 cm³/mol. The molecule has 1 aliphatic carbocycles. The summed E-state index contributed by atoms with van der Waals surface area (Å²) in [5.74, 6) is 0.0307. The van der Waals surface area contributed by atoms with Gasteiger partial charge in [0, 0.05) is 5.25 Å². The molecule has 1 saturated carbocycles. The lowest BCUT2D eigenvalue weighted by Crippen LogP contribution is -2.14. The summed E-state index contributed by atoms with van der Waals surface area (Å²) in [5, 5.41) is 0.908. The second-order valence-corrected chi connectivity index (χ2v) is 6.13. The van der Waals surface area contributed by atoms with Crippen molar-refractivity contribution in [2.75, 3.05) is 0 Å². The molecule has 0 aromatic heterocycles. The largest absolute Gasteiger partial charge is 0.287 e. The van der Waals surface area contributed by atoms with E-state index in [1.807, 2.05) is 37.3 Å². The minimum atomic E-state index is 0.0307. The fourth-order valence-corrected chi connectivity index (χ4v) is 3.56. The van der Waals surface area contributed by atoms with Crippen molar-refractivity contribution in [3.8, 4) is 0 Å². The molecule has 1 nitrogen and oxygen atoms in total. The van der Waals surface area contributed by atoms with Crippen molar-refractivity contribution >= 4 is 16.9 Å². The maximum atomic E-state index is 12.2. The fourth-order valence-electron chi connectivity index (χ4n) is 2.33. The molecule has 92 valence electrons. The number of benzene rings is 1. The summed E-state index contributed by atoms with van der Waals surface area (Å²) < 4.78 is 0. The van der Waals surface area contributed by atoms with E-state index < -0.39 is 0 Å². The van der Waals surface area contributed by atoms with E-state index in [9.17, 15) is 4.79 Å². The van der Waals surface area contributed by atoms with Gasteiger partial charge < -0.3 is 0 Å². The van der Waals surface area contributed by atoms with Gasteiger partial charge in [-0.2, -0.15) is 0 Å². The summed E-state index contributed by atoms with van der Waals surface area (Å²) >= 11 is 1.58. The Balaban J connectivity index is 1.91. The molecule has 0 saturated heterocycles. The Bertz CT molecular complexity index is 354. The lowest BCUT2D eigenvalue weighted by Gasteiger charge is -2.21. The van der Waals surface area contributed by atoms with E-state index in [2.05, 4.69) is 0 Å². The second-order valence-electron chi connectivity index (χ2n) is 4.83. The molecule has 1 unspecified atom stereocenters. The molecule has 17 heavy (non-hydrogen) atoms. The maximum absolute atomic E-state index is 12.2. The summed E-state index contributed by atoms with van der Waals surface area (Å²) in [6, 6.07) is 10.1. The van der Waals surface area contributed by atoms with Gasteiger partial charge in [-0.25, -0.2) is 0 Å². The molecule has 2 rings (SSSR count). The van der Waals surface area contributed by atoms with Gasteiger partial charge in [-0.15, -0.1) is 0 Å². The second kappa shape index (κ2) is 6.25. The Labute approximate surface area is 108 Å². The third-order valence-electron chi connectivity index (χ3n) is 3.49. The molecule has 0 radical (unpaired) electrons. The Morgan fingerprint density at radius 1 is 1.18 bits per heavy atom. The summed E-state index contributed by atoms with van der Waals surface area (Å²) in [7, 11) is 0. The summed E-state index contributed by atoms with van der Waals surface area (Å²) in [6.45, 7) is 2.02. The number of hydrogen-bond donors (Lipinski definition) is 0. The Kier molecular flexibility index (Phi) is 4.66. The van der Waals surface area contributed by atoms with Crippen LogP contribution in [0.5, 0.6) is 0 Å². The molecule has 1 fully saturated rings. The summed E-state index contributed by atoms with van der Waals surface area (Å²) in [6.07, 6.45) is 6.38. The average Bonchev–Trinajstić information content (AvgIpc) is 2.40. The van der Waals surface area contributed by atoms with Crippen molar-refractivity contribution in [2.24, 2.45) is 0 Å². The van der Waals surface area contributed by atoms with Crippen LogP contribution in [0.3, 0.4) is 0 Å². The van der Waals surface area contributed by atoms with Crippen LogP contribution in [-0.4, -0.2) is 10.4 Å². The van der Waals surface area contributed by atoms with Crippen LogP contribution in [-0.2, 0) is 4.79 Å².